The number of ether oxygens (including phenoxy) is 2. The Labute approximate surface area is 161 Å². The van der Waals surface area contributed by atoms with Crippen molar-refractivity contribution in [3.63, 3.8) is 0 Å². The van der Waals surface area contributed by atoms with Gasteiger partial charge in [-0.1, -0.05) is 36.5 Å². The average molecular weight is 380 g/mol. The van der Waals surface area contributed by atoms with Gasteiger partial charge in [-0.15, -0.1) is 0 Å². The van der Waals surface area contributed by atoms with E-state index in [0.29, 0.717) is 23.5 Å². The molecule has 0 radical (unpaired) electrons. The van der Waals surface area contributed by atoms with Crippen LogP contribution in [0.25, 0.3) is 11.1 Å². The topological polar surface area (TPSA) is 122 Å². The number of hydrogen-bond donors (Lipinski definition) is 1. The van der Waals surface area contributed by atoms with Crippen LogP contribution < -0.4 is 10.5 Å². The van der Waals surface area contributed by atoms with Gasteiger partial charge in [-0.05, 0) is 17.7 Å². The zero-order chi connectivity index (χ0) is 19.8. The Morgan fingerprint density at radius 3 is 2.52 bits per heavy atom. The quantitative estimate of drug-likeness (QED) is 0.442. The average Bonchev–Trinajstić information content (AvgIpc) is 2.70. The Morgan fingerprint density at radius 1 is 1.30 bits per heavy atom. The maximum atomic E-state index is 11.4. The van der Waals surface area contributed by atoms with Crippen molar-refractivity contribution in [2.45, 2.75) is 5.03 Å². The van der Waals surface area contributed by atoms with Gasteiger partial charge in [-0.3, -0.25) is 4.79 Å². The van der Waals surface area contributed by atoms with Crippen LogP contribution in [0.5, 0.6) is 5.75 Å². The number of carbonyl (C=O) groups is 1. The number of aromatic nitrogens is 1. The lowest BCUT2D eigenvalue weighted by Gasteiger charge is -2.13. The lowest BCUT2D eigenvalue weighted by Crippen LogP contribution is -2.07. The van der Waals surface area contributed by atoms with Gasteiger partial charge in [0.05, 0.1) is 18.4 Å². The third kappa shape index (κ3) is 4.57. The second-order valence-corrected chi connectivity index (χ2v) is 6.10. The second kappa shape index (κ2) is 9.27. The van der Waals surface area contributed by atoms with E-state index in [0.717, 1.165) is 11.8 Å². The summed E-state index contributed by atoms with van der Waals surface area (Å²) in [6.45, 7) is 3.95. The van der Waals surface area contributed by atoms with E-state index >= 15 is 0 Å². The summed E-state index contributed by atoms with van der Waals surface area (Å²) in [4.78, 5) is 15.5. The standard InChI is InChI=1S/C19H16N4O3S/c1-3-8-26-13-6-4-12(5-7-13)17-14(9-20)18(22)23-19(15(17)10-21)27-11-16(24)25-2/h3-7H,1,8,11H2,2H3,(H2,22,23). The van der Waals surface area contributed by atoms with Crippen LogP contribution >= 0.6 is 11.8 Å². The first-order chi connectivity index (χ1) is 13.0. The highest BCUT2D eigenvalue weighted by Crippen LogP contribution is 2.36. The molecule has 0 unspecified atom stereocenters. The molecule has 2 rings (SSSR count). The summed E-state index contributed by atoms with van der Waals surface area (Å²) in [5.41, 5.74) is 7.18. The van der Waals surface area contributed by atoms with Gasteiger partial charge in [-0.25, -0.2) is 4.98 Å². The fourth-order valence-corrected chi connectivity index (χ4v) is 3.08. The number of nitrogen functional groups attached to an aromatic ring is 1. The molecule has 2 aromatic rings. The minimum Gasteiger partial charge on any atom is -0.490 e. The number of nitrogens with two attached hydrogens (primary N) is 1. The minimum absolute atomic E-state index is 0.00847. The van der Waals surface area contributed by atoms with Crippen molar-refractivity contribution in [1.29, 1.82) is 10.5 Å². The van der Waals surface area contributed by atoms with Gasteiger partial charge in [0.25, 0.3) is 0 Å². The van der Waals surface area contributed by atoms with Crippen molar-refractivity contribution in [3.8, 4) is 29.0 Å². The smallest absolute Gasteiger partial charge is 0.316 e. The molecule has 0 fully saturated rings. The SMILES string of the molecule is C=CCOc1ccc(-c2c(C#N)c(N)nc(SCC(=O)OC)c2C#N)cc1. The molecular weight excluding hydrogens is 364 g/mol. The zero-order valence-electron chi connectivity index (χ0n) is 14.6. The third-order valence-corrected chi connectivity index (χ3v) is 4.43. The predicted octanol–water partition coefficient (Wildman–Crippen LogP) is 2.90. The van der Waals surface area contributed by atoms with Crippen molar-refractivity contribution in [3.05, 3.63) is 48.0 Å². The van der Waals surface area contributed by atoms with E-state index in [-0.39, 0.29) is 27.7 Å². The van der Waals surface area contributed by atoms with Crippen LogP contribution in [0.4, 0.5) is 5.82 Å². The Bertz CT molecular complexity index is 943. The number of thioether (sulfide) groups is 1. The van der Waals surface area contributed by atoms with Crippen LogP contribution in [-0.4, -0.2) is 30.4 Å². The normalized spacial score (nSPS) is 9.74. The Hall–Kier alpha value is -3.49. The first kappa shape index (κ1) is 19.8. The molecular formula is C19H16N4O3S. The molecule has 2 N–H and O–H groups in total. The number of benzene rings is 1. The predicted molar refractivity (Wildman–Crippen MR) is 102 cm³/mol. The van der Waals surface area contributed by atoms with Crippen LogP contribution in [0.15, 0.2) is 41.9 Å². The van der Waals surface area contributed by atoms with Crippen molar-refractivity contribution in [2.75, 3.05) is 25.2 Å². The van der Waals surface area contributed by atoms with Crippen molar-refractivity contribution >= 4 is 23.5 Å². The summed E-state index contributed by atoms with van der Waals surface area (Å²) in [6.07, 6.45) is 1.63. The second-order valence-electron chi connectivity index (χ2n) is 5.14. The number of pyridine rings is 1. The highest BCUT2D eigenvalue weighted by Gasteiger charge is 2.21. The molecule has 0 saturated carbocycles. The number of nitriles is 2. The number of anilines is 1. The van der Waals surface area contributed by atoms with E-state index < -0.39 is 5.97 Å². The fourth-order valence-electron chi connectivity index (χ4n) is 2.25. The lowest BCUT2D eigenvalue weighted by molar-refractivity contribution is -0.137. The maximum Gasteiger partial charge on any atom is 0.316 e. The minimum atomic E-state index is -0.459. The summed E-state index contributed by atoms with van der Waals surface area (Å²) in [5, 5.41) is 19.4. The maximum absolute atomic E-state index is 11.4. The number of methoxy groups -OCH3 is 1. The molecule has 1 aromatic heterocycles. The van der Waals surface area contributed by atoms with E-state index in [9.17, 15) is 15.3 Å². The first-order valence-corrected chi connectivity index (χ1v) is 8.71. The van der Waals surface area contributed by atoms with Crippen molar-refractivity contribution in [1.82, 2.24) is 4.98 Å². The largest absolute Gasteiger partial charge is 0.490 e. The van der Waals surface area contributed by atoms with E-state index in [1.165, 1.54) is 7.11 Å². The molecule has 27 heavy (non-hydrogen) atoms. The Kier molecular flexibility index (Phi) is 6.81. The van der Waals surface area contributed by atoms with Gasteiger partial charge in [-0.2, -0.15) is 10.5 Å². The molecule has 0 saturated heterocycles. The number of nitrogens with zero attached hydrogens (tertiary/aromatic N) is 3. The lowest BCUT2D eigenvalue weighted by atomic mass is 9.97. The van der Waals surface area contributed by atoms with Crippen LogP contribution in [0.3, 0.4) is 0 Å². The summed E-state index contributed by atoms with van der Waals surface area (Å²) < 4.78 is 10.0. The van der Waals surface area contributed by atoms with E-state index in [1.54, 1.807) is 30.3 Å². The molecule has 8 heteroatoms. The Balaban J connectivity index is 2.54. The van der Waals surface area contributed by atoms with Crippen molar-refractivity contribution < 1.29 is 14.3 Å². The molecule has 7 nitrogen and oxygen atoms in total. The molecule has 0 amide bonds. The number of rotatable bonds is 7. The molecule has 0 spiro atoms. The fraction of sp³-hybridized carbons (Fsp3) is 0.158. The summed E-state index contributed by atoms with van der Waals surface area (Å²) >= 11 is 1.03. The van der Waals surface area contributed by atoms with Crippen LogP contribution in [0, 0.1) is 22.7 Å². The molecule has 0 aliphatic heterocycles. The number of esters is 1. The van der Waals surface area contributed by atoms with E-state index in [2.05, 4.69) is 22.4 Å². The highest BCUT2D eigenvalue weighted by atomic mass is 32.2. The molecule has 136 valence electrons. The summed E-state index contributed by atoms with van der Waals surface area (Å²) in [6, 6.07) is 11.0. The summed E-state index contributed by atoms with van der Waals surface area (Å²) in [5.74, 6) is 0.125. The Morgan fingerprint density at radius 2 is 1.96 bits per heavy atom. The highest BCUT2D eigenvalue weighted by molar-refractivity contribution is 7.99. The number of hydrogen-bond acceptors (Lipinski definition) is 8. The zero-order valence-corrected chi connectivity index (χ0v) is 15.4. The van der Waals surface area contributed by atoms with Gasteiger partial charge in [0.1, 0.15) is 40.9 Å². The summed E-state index contributed by atoms with van der Waals surface area (Å²) in [7, 11) is 1.27. The van der Waals surface area contributed by atoms with Gasteiger partial charge >= 0.3 is 5.97 Å². The van der Waals surface area contributed by atoms with Gasteiger partial charge in [0.2, 0.25) is 0 Å². The van der Waals surface area contributed by atoms with Crippen LogP contribution in [0.1, 0.15) is 11.1 Å². The molecule has 0 atom stereocenters. The van der Waals surface area contributed by atoms with Gasteiger partial charge in [0, 0.05) is 5.56 Å². The van der Waals surface area contributed by atoms with Crippen LogP contribution in [-0.2, 0) is 9.53 Å². The number of carbonyl (C=O) groups excluding carboxylic acids is 1. The molecule has 0 aliphatic rings. The van der Waals surface area contributed by atoms with E-state index in [4.69, 9.17) is 10.5 Å². The first-order valence-electron chi connectivity index (χ1n) is 7.73. The van der Waals surface area contributed by atoms with E-state index in [1.807, 2.05) is 6.07 Å². The third-order valence-electron chi connectivity index (χ3n) is 3.48. The van der Waals surface area contributed by atoms with Crippen molar-refractivity contribution in [2.24, 2.45) is 0 Å². The molecule has 0 bridgehead atoms. The molecule has 0 aliphatic carbocycles. The van der Waals surface area contributed by atoms with Gasteiger partial charge < -0.3 is 15.2 Å². The van der Waals surface area contributed by atoms with Crippen LogP contribution in [0.2, 0.25) is 0 Å². The molecule has 1 aromatic carbocycles. The molecule has 1 heterocycles. The monoisotopic (exact) mass is 380 g/mol. The van der Waals surface area contributed by atoms with Gasteiger partial charge in [0.15, 0.2) is 0 Å².